The number of para-hydroxylation sites is 2. The Morgan fingerprint density at radius 2 is 1.09 bits per heavy atom. The van der Waals surface area contributed by atoms with Gasteiger partial charge in [0.2, 0.25) is 0 Å². The Hall–Kier alpha value is -6.79. The molecule has 6 rings (SSSR count). The maximum absolute atomic E-state index is 15.0. The van der Waals surface area contributed by atoms with Crippen molar-refractivity contribution < 1.29 is 38.5 Å². The second-order valence-corrected chi connectivity index (χ2v) is 17.0. The van der Waals surface area contributed by atoms with Crippen molar-refractivity contribution in [3.05, 3.63) is 171 Å². The molecule has 1 aliphatic heterocycles. The van der Waals surface area contributed by atoms with E-state index < -0.39 is 66.2 Å². The number of Topliss-reactive ketones (excluding diaryl/α,β-unsaturated/α-hetero) is 1. The Morgan fingerprint density at radius 1 is 0.679 bits per heavy atom. The summed E-state index contributed by atoms with van der Waals surface area (Å²) in [6, 6.07) is 36.8. The van der Waals surface area contributed by atoms with Crippen LogP contribution in [-0.2, 0) is 37.1 Å². The molecule has 0 spiro atoms. The summed E-state index contributed by atoms with van der Waals surface area (Å²) >= 11 is 0. The number of hydrogen-bond donors (Lipinski definition) is 1. The van der Waals surface area contributed by atoms with Crippen LogP contribution in [0.25, 0.3) is 0 Å². The minimum absolute atomic E-state index is 0.125. The van der Waals surface area contributed by atoms with Crippen LogP contribution in [0.15, 0.2) is 140 Å². The van der Waals surface area contributed by atoms with Gasteiger partial charge in [0.25, 0.3) is 0 Å². The van der Waals surface area contributed by atoms with Gasteiger partial charge in [0.05, 0.1) is 0 Å². The monoisotopic (exact) mass is 776 g/mol. The van der Waals surface area contributed by atoms with E-state index in [9.17, 15) is 34.6 Å². The summed E-state index contributed by atoms with van der Waals surface area (Å²) in [5.74, 6) is -3.32. The Labute approximate surface area is 321 Å². The van der Waals surface area contributed by atoms with Gasteiger partial charge in [-0.05, 0) is 0 Å². The second kappa shape index (κ2) is 17.1. The van der Waals surface area contributed by atoms with Gasteiger partial charge in [-0.3, -0.25) is 0 Å². The quantitative estimate of drug-likeness (QED) is 0.0494. The third kappa shape index (κ3) is 7.87. The van der Waals surface area contributed by atoms with E-state index in [0.29, 0.717) is 0 Å². The number of carbonyl (C=O) groups is 4. The topological polar surface area (TPSA) is 188 Å². The van der Waals surface area contributed by atoms with Crippen LogP contribution in [0, 0.1) is 20.2 Å². The molecule has 56 heavy (non-hydrogen) atoms. The van der Waals surface area contributed by atoms with E-state index in [1.54, 1.807) is 12.1 Å². The number of amides is 2. The van der Waals surface area contributed by atoms with Crippen LogP contribution < -0.4 is 21.2 Å². The zero-order chi connectivity index (χ0) is 39.8. The zero-order valence-corrected chi connectivity index (χ0v) is 31.1. The van der Waals surface area contributed by atoms with Gasteiger partial charge in [-0.15, -0.1) is 0 Å². The molecule has 0 bridgehead atoms. The van der Waals surface area contributed by atoms with Crippen molar-refractivity contribution in [2.45, 2.75) is 44.4 Å². The average molecular weight is 777 g/mol. The average Bonchev–Trinajstić information content (AvgIpc) is 3.22. The van der Waals surface area contributed by atoms with E-state index in [-0.39, 0.29) is 34.7 Å². The number of ketones is 1. The molecule has 0 aromatic heterocycles. The molecule has 3 unspecified atom stereocenters. The van der Waals surface area contributed by atoms with Crippen molar-refractivity contribution in [3.63, 3.8) is 0 Å². The summed E-state index contributed by atoms with van der Waals surface area (Å²) < 4.78 is 11.3. The van der Waals surface area contributed by atoms with Crippen LogP contribution in [-0.4, -0.2) is 56.4 Å². The first kappa shape index (κ1) is 38.9. The number of benzene rings is 5. The second-order valence-electron chi connectivity index (χ2n) is 13.1. The molecule has 0 aliphatic carbocycles. The predicted octanol–water partition coefficient (Wildman–Crippen LogP) is 5.08. The number of carbonyl (C=O) groups excluding carboxylic acids is 4. The Morgan fingerprint density at radius 3 is 1.52 bits per heavy atom. The standard InChI is InChI=1S/C41H37N4O10P/c1-28(46)25-36-37(42-41(49)55-27-30-16-12-14-24-35(30)45(52)53)38(47)43(36)39(40(48)54-26-29-15-11-13-23-34(29)44(50)51)56(31-17-5-2-6-18-31,32-19-7-3-8-20-32)33-21-9-4-10-22-33/h2-24,36-37,39,56H,25-27H2,1H3,(H,42,49). The van der Waals surface area contributed by atoms with E-state index in [1.807, 2.05) is 91.0 Å². The van der Waals surface area contributed by atoms with Gasteiger partial charge in [0, 0.05) is 0 Å². The normalized spacial score (nSPS) is 15.8. The van der Waals surface area contributed by atoms with Crippen LogP contribution in [0.2, 0.25) is 0 Å². The van der Waals surface area contributed by atoms with Gasteiger partial charge in [-0.25, -0.2) is 0 Å². The van der Waals surface area contributed by atoms with Crippen LogP contribution in [0.4, 0.5) is 16.2 Å². The molecule has 1 heterocycles. The fourth-order valence-corrected chi connectivity index (χ4v) is 12.6. The third-order valence-corrected chi connectivity index (χ3v) is 14.8. The van der Waals surface area contributed by atoms with Gasteiger partial charge in [0.15, 0.2) is 0 Å². The van der Waals surface area contributed by atoms with Crippen molar-refractivity contribution in [2.75, 3.05) is 0 Å². The van der Waals surface area contributed by atoms with Crippen molar-refractivity contribution in [2.24, 2.45) is 0 Å². The number of hydrogen-bond acceptors (Lipinski definition) is 10. The van der Waals surface area contributed by atoms with Crippen molar-refractivity contribution in [3.8, 4) is 0 Å². The molecular formula is C41H37N4O10P. The molecule has 0 radical (unpaired) electrons. The van der Waals surface area contributed by atoms with E-state index in [0.717, 1.165) is 15.9 Å². The number of rotatable bonds is 15. The van der Waals surface area contributed by atoms with E-state index in [2.05, 4.69) is 5.32 Å². The Balaban J connectivity index is 1.46. The van der Waals surface area contributed by atoms with Gasteiger partial charge < -0.3 is 0 Å². The molecule has 1 aliphatic rings. The number of nitro benzene ring substituents is 2. The molecule has 2 amide bonds. The Bertz CT molecular complexity index is 2160. The van der Waals surface area contributed by atoms with Gasteiger partial charge in [0.1, 0.15) is 0 Å². The molecule has 1 N–H and O–H groups in total. The molecule has 14 nitrogen and oxygen atoms in total. The van der Waals surface area contributed by atoms with E-state index in [4.69, 9.17) is 9.47 Å². The Kier molecular flexibility index (Phi) is 11.9. The van der Waals surface area contributed by atoms with E-state index in [1.165, 1.54) is 48.2 Å². The number of nitro groups is 2. The summed E-state index contributed by atoms with van der Waals surface area (Å²) in [7, 11) is -3.83. The molecule has 5 aromatic carbocycles. The van der Waals surface area contributed by atoms with Gasteiger partial charge >= 0.3 is 322 Å². The fraction of sp³-hybridized carbons (Fsp3) is 0.171. The minimum atomic E-state index is -3.83. The fourth-order valence-electron chi connectivity index (χ4n) is 7.29. The number of esters is 1. The molecule has 1 fully saturated rings. The van der Waals surface area contributed by atoms with Crippen LogP contribution >= 0.6 is 7.26 Å². The molecule has 15 heteroatoms. The first-order valence-corrected chi connectivity index (χ1v) is 19.6. The van der Waals surface area contributed by atoms with E-state index >= 15 is 4.79 Å². The van der Waals surface area contributed by atoms with Gasteiger partial charge in [-0.1, -0.05) is 0 Å². The first-order valence-electron chi connectivity index (χ1n) is 17.6. The maximum atomic E-state index is 15.0. The molecule has 5 aromatic rings. The summed E-state index contributed by atoms with van der Waals surface area (Å²) in [6.07, 6.45) is -1.33. The number of β-lactam (4-membered cyclic amide) rings is 1. The summed E-state index contributed by atoms with van der Waals surface area (Å²) in [5, 5.41) is 28.1. The number of alkyl carbamates (subject to hydrolysis) is 1. The molecule has 0 saturated carbocycles. The molecule has 1 saturated heterocycles. The van der Waals surface area contributed by atoms with Gasteiger partial charge in [-0.2, -0.15) is 0 Å². The summed E-state index contributed by atoms with van der Waals surface area (Å²) in [4.78, 5) is 79.2. The number of nitrogens with one attached hydrogen (secondary N) is 1. The van der Waals surface area contributed by atoms with Crippen LogP contribution in [0.5, 0.6) is 0 Å². The SMILES string of the molecule is CC(=O)CC1C(NC(=O)OCc2ccccc2[N+](=O)[O-])C(=O)N1C(C(=O)OCc1ccccc1[N+](=O)[O-])[PH](c1ccccc1)(c1ccccc1)c1ccccc1. The van der Waals surface area contributed by atoms with Crippen LogP contribution in [0.1, 0.15) is 24.5 Å². The third-order valence-electron chi connectivity index (χ3n) is 9.74. The number of likely N-dealkylation sites (tertiary alicyclic amines) is 1. The predicted molar refractivity (Wildman–Crippen MR) is 209 cm³/mol. The van der Waals surface area contributed by atoms with Crippen LogP contribution in [0.3, 0.4) is 0 Å². The molecule has 3 atom stereocenters. The molecular weight excluding hydrogens is 739 g/mol. The first-order chi connectivity index (χ1) is 27.0. The van der Waals surface area contributed by atoms with Crippen molar-refractivity contribution >= 4 is 58.3 Å². The number of ether oxygens (including phenoxy) is 2. The summed E-state index contributed by atoms with van der Waals surface area (Å²) in [6.45, 7) is 0.356. The number of nitrogens with zero attached hydrogens (tertiary/aromatic N) is 3. The van der Waals surface area contributed by atoms with Crippen molar-refractivity contribution in [1.29, 1.82) is 0 Å². The van der Waals surface area contributed by atoms with Crippen molar-refractivity contribution in [1.82, 2.24) is 10.2 Å². The molecule has 286 valence electrons. The zero-order valence-electron chi connectivity index (χ0n) is 30.1. The summed E-state index contributed by atoms with van der Waals surface area (Å²) in [5.41, 5.74) is -0.257.